The van der Waals surface area contributed by atoms with E-state index in [0.29, 0.717) is 13.1 Å². The molecule has 1 fully saturated rings. The highest BCUT2D eigenvalue weighted by Crippen LogP contribution is 2.32. The van der Waals surface area contributed by atoms with E-state index in [1.165, 1.54) is 16.4 Å². The third kappa shape index (κ3) is 3.73. The topological polar surface area (TPSA) is 66.9 Å². The van der Waals surface area contributed by atoms with Crippen LogP contribution in [0.3, 0.4) is 0 Å². The van der Waals surface area contributed by atoms with E-state index >= 15 is 0 Å². The van der Waals surface area contributed by atoms with Crippen molar-refractivity contribution in [3.8, 4) is 0 Å². The molecule has 1 atom stereocenters. The maximum absolute atomic E-state index is 14.3. The second-order valence-corrected chi connectivity index (χ2v) is 8.27. The second kappa shape index (κ2) is 7.75. The number of methoxy groups -OCH3 is 1. The number of hydrogen-bond acceptors (Lipinski definition) is 5. The fourth-order valence-corrected chi connectivity index (χ4v) is 5.07. The summed E-state index contributed by atoms with van der Waals surface area (Å²) < 4.78 is 47.0. The summed E-state index contributed by atoms with van der Waals surface area (Å²) >= 11 is 0. The molecule has 1 saturated heterocycles. The van der Waals surface area contributed by atoms with Gasteiger partial charge >= 0.3 is 5.97 Å². The number of hydrogen-bond donors (Lipinski definition) is 0. The van der Waals surface area contributed by atoms with Crippen LogP contribution in [0.1, 0.15) is 22.0 Å². The minimum Gasteiger partial charge on any atom is -0.465 e. The van der Waals surface area contributed by atoms with Gasteiger partial charge in [0, 0.05) is 19.6 Å². The fourth-order valence-electron chi connectivity index (χ4n) is 3.28. The summed E-state index contributed by atoms with van der Waals surface area (Å²) in [7, 11) is -1.12. The van der Waals surface area contributed by atoms with Crippen molar-refractivity contribution < 1.29 is 22.3 Å². The number of halogens is 1. The van der Waals surface area contributed by atoms with Gasteiger partial charge in [0.25, 0.3) is 0 Å². The average molecular weight is 392 g/mol. The Morgan fingerprint density at radius 1 is 1.11 bits per heavy atom. The highest BCUT2D eigenvalue weighted by Gasteiger charge is 2.38. The van der Waals surface area contributed by atoms with Crippen LogP contribution in [0.5, 0.6) is 0 Å². The van der Waals surface area contributed by atoms with Crippen molar-refractivity contribution in [1.29, 1.82) is 0 Å². The van der Waals surface area contributed by atoms with Crippen LogP contribution >= 0.6 is 0 Å². The smallest absolute Gasteiger partial charge is 0.342 e. The molecule has 2 aromatic carbocycles. The monoisotopic (exact) mass is 392 g/mol. The molecule has 0 N–H and O–H groups in total. The zero-order valence-corrected chi connectivity index (χ0v) is 15.9. The zero-order chi connectivity index (χ0) is 19.6. The number of benzene rings is 2. The first-order valence-electron chi connectivity index (χ1n) is 8.48. The Balaban J connectivity index is 2.11. The van der Waals surface area contributed by atoms with Crippen molar-refractivity contribution in [3.63, 3.8) is 0 Å². The molecule has 0 saturated carbocycles. The molecule has 0 aromatic heterocycles. The van der Waals surface area contributed by atoms with Crippen molar-refractivity contribution in [2.75, 3.05) is 33.8 Å². The molecule has 144 valence electrons. The van der Waals surface area contributed by atoms with E-state index in [0.717, 1.165) is 18.7 Å². The molecule has 1 heterocycles. The summed E-state index contributed by atoms with van der Waals surface area (Å²) in [6.45, 7) is 1.26. The van der Waals surface area contributed by atoms with Crippen LogP contribution in [-0.2, 0) is 14.8 Å². The summed E-state index contributed by atoms with van der Waals surface area (Å²) in [5.74, 6) is -1.94. The normalized spacial score (nSPS) is 19.0. The maximum Gasteiger partial charge on any atom is 0.342 e. The van der Waals surface area contributed by atoms with Crippen LogP contribution in [0.25, 0.3) is 0 Å². The molecule has 6 nitrogen and oxygen atoms in total. The number of likely N-dealkylation sites (N-methyl/N-ethyl adjacent to an activating group) is 1. The van der Waals surface area contributed by atoms with E-state index in [2.05, 4.69) is 4.74 Å². The van der Waals surface area contributed by atoms with Gasteiger partial charge in [0.2, 0.25) is 10.0 Å². The lowest BCUT2D eigenvalue weighted by Crippen LogP contribution is -2.49. The average Bonchev–Trinajstić information content (AvgIpc) is 2.67. The van der Waals surface area contributed by atoms with E-state index in [1.807, 2.05) is 42.3 Å². The Kier molecular flexibility index (Phi) is 5.59. The number of sulfonamides is 1. The van der Waals surface area contributed by atoms with E-state index < -0.39 is 33.4 Å². The number of esters is 1. The highest BCUT2D eigenvalue weighted by atomic mass is 32.2. The Morgan fingerprint density at radius 2 is 1.81 bits per heavy atom. The predicted octanol–water partition coefficient (Wildman–Crippen LogP) is 2.29. The standard InChI is InChI=1S/C19H21FN2O4S/c1-21-11-12-22(16(13-21)14-7-4-3-5-8-14)27(24,25)17-10-6-9-15(20)18(17)19(23)26-2/h3-10,16H,11-13H2,1-2H3/t16-/m1/s1. The van der Waals surface area contributed by atoms with Crippen molar-refractivity contribution in [2.24, 2.45) is 0 Å². The van der Waals surface area contributed by atoms with Gasteiger partial charge in [-0.3, -0.25) is 0 Å². The fraction of sp³-hybridized carbons (Fsp3) is 0.316. The van der Waals surface area contributed by atoms with Gasteiger partial charge in [0.05, 0.1) is 18.0 Å². The van der Waals surface area contributed by atoms with Crippen LogP contribution in [0.15, 0.2) is 53.4 Å². The van der Waals surface area contributed by atoms with E-state index in [9.17, 15) is 17.6 Å². The van der Waals surface area contributed by atoms with Crippen LogP contribution in [0.4, 0.5) is 4.39 Å². The van der Waals surface area contributed by atoms with E-state index in [1.54, 1.807) is 0 Å². The molecule has 27 heavy (non-hydrogen) atoms. The number of piperazine rings is 1. The molecule has 0 unspecified atom stereocenters. The lowest BCUT2D eigenvalue weighted by atomic mass is 10.1. The summed E-state index contributed by atoms with van der Waals surface area (Å²) in [4.78, 5) is 13.7. The van der Waals surface area contributed by atoms with Crippen LogP contribution in [0, 0.1) is 5.82 Å². The second-order valence-electron chi connectivity index (χ2n) is 6.41. The van der Waals surface area contributed by atoms with Gasteiger partial charge in [-0.25, -0.2) is 17.6 Å². The molecule has 1 aliphatic rings. The quantitative estimate of drug-likeness (QED) is 0.747. The van der Waals surface area contributed by atoms with Crippen molar-refractivity contribution in [3.05, 3.63) is 65.5 Å². The van der Waals surface area contributed by atoms with Crippen LogP contribution in [-0.4, -0.2) is 57.4 Å². The first-order valence-corrected chi connectivity index (χ1v) is 9.92. The molecule has 0 aliphatic carbocycles. The van der Waals surface area contributed by atoms with Gasteiger partial charge < -0.3 is 9.64 Å². The third-order valence-corrected chi connectivity index (χ3v) is 6.62. The van der Waals surface area contributed by atoms with Crippen LogP contribution in [0.2, 0.25) is 0 Å². The van der Waals surface area contributed by atoms with E-state index in [4.69, 9.17) is 0 Å². The van der Waals surface area contributed by atoms with Crippen molar-refractivity contribution in [1.82, 2.24) is 9.21 Å². The number of ether oxygens (including phenoxy) is 1. The maximum atomic E-state index is 14.3. The zero-order valence-electron chi connectivity index (χ0n) is 15.1. The van der Waals surface area contributed by atoms with Crippen molar-refractivity contribution in [2.45, 2.75) is 10.9 Å². The minimum atomic E-state index is -4.13. The molecule has 0 bridgehead atoms. The van der Waals surface area contributed by atoms with Crippen LogP contribution < -0.4 is 0 Å². The van der Waals surface area contributed by atoms with Gasteiger partial charge in [-0.2, -0.15) is 4.31 Å². The van der Waals surface area contributed by atoms with Gasteiger partial charge in [-0.1, -0.05) is 36.4 Å². The van der Waals surface area contributed by atoms with Gasteiger partial charge in [-0.05, 0) is 24.7 Å². The number of nitrogens with zero attached hydrogens (tertiary/aromatic N) is 2. The van der Waals surface area contributed by atoms with E-state index in [-0.39, 0.29) is 11.4 Å². The van der Waals surface area contributed by atoms with Crippen molar-refractivity contribution >= 4 is 16.0 Å². The summed E-state index contributed by atoms with van der Waals surface area (Å²) in [5.41, 5.74) is 0.273. The predicted molar refractivity (Wildman–Crippen MR) is 98.3 cm³/mol. The molecular formula is C19H21FN2O4S. The number of carbonyl (C=O) groups excluding carboxylic acids is 1. The molecule has 0 amide bonds. The molecule has 0 spiro atoms. The summed E-state index contributed by atoms with van der Waals surface area (Å²) in [6.07, 6.45) is 0. The molecule has 2 aromatic rings. The number of rotatable bonds is 4. The Morgan fingerprint density at radius 3 is 2.48 bits per heavy atom. The molecule has 1 aliphatic heterocycles. The first kappa shape index (κ1) is 19.5. The van der Waals surface area contributed by atoms with Gasteiger partial charge in [0.15, 0.2) is 0 Å². The first-order chi connectivity index (χ1) is 12.9. The largest absolute Gasteiger partial charge is 0.465 e. The van der Waals surface area contributed by atoms with Gasteiger partial charge in [0.1, 0.15) is 11.4 Å². The SMILES string of the molecule is COC(=O)c1c(F)cccc1S(=O)(=O)N1CCN(C)C[C@@H]1c1ccccc1. The lowest BCUT2D eigenvalue weighted by molar-refractivity contribution is 0.0590. The molecule has 8 heteroatoms. The number of carbonyl (C=O) groups is 1. The molecular weight excluding hydrogens is 371 g/mol. The van der Waals surface area contributed by atoms with Gasteiger partial charge in [-0.15, -0.1) is 0 Å². The Hall–Kier alpha value is -2.29. The lowest BCUT2D eigenvalue weighted by Gasteiger charge is -2.39. The highest BCUT2D eigenvalue weighted by molar-refractivity contribution is 7.89. The Labute approximate surface area is 158 Å². The molecule has 3 rings (SSSR count). The minimum absolute atomic E-state index is 0.232. The summed E-state index contributed by atoms with van der Waals surface area (Å²) in [5, 5.41) is 0. The third-order valence-electron chi connectivity index (χ3n) is 4.67. The summed E-state index contributed by atoms with van der Waals surface area (Å²) in [6, 6.07) is 12.4. The molecule has 0 radical (unpaired) electrons. The Bertz CT molecular complexity index is 934.